The van der Waals surface area contributed by atoms with Crippen molar-refractivity contribution in [1.82, 2.24) is 5.48 Å². The first-order valence-corrected chi connectivity index (χ1v) is 9.96. The highest BCUT2D eigenvalue weighted by Gasteiger charge is 2.31. The van der Waals surface area contributed by atoms with E-state index in [4.69, 9.17) is 19.4 Å². The lowest BCUT2D eigenvalue weighted by molar-refractivity contribution is 0.127. The maximum atomic E-state index is 13.3. The predicted octanol–water partition coefficient (Wildman–Crippen LogP) is 2.54. The Labute approximate surface area is 162 Å². The Morgan fingerprint density at radius 2 is 1.93 bits per heavy atom. The summed E-state index contributed by atoms with van der Waals surface area (Å²) in [6.45, 7) is 0.574. The molecule has 0 spiro atoms. The second-order valence-electron chi connectivity index (χ2n) is 5.91. The van der Waals surface area contributed by atoms with E-state index in [9.17, 15) is 13.2 Å². The minimum absolute atomic E-state index is 0.0527. The number of hydrogen-bond donors (Lipinski definition) is 2. The van der Waals surface area contributed by atoms with Gasteiger partial charge in [0.15, 0.2) is 5.75 Å². The summed E-state index contributed by atoms with van der Waals surface area (Å²) in [5.41, 5.74) is 1.46. The van der Waals surface area contributed by atoms with E-state index in [1.807, 2.05) is 0 Å². The highest BCUT2D eigenvalue weighted by molar-refractivity contribution is 7.92. The zero-order chi connectivity index (χ0) is 20.1. The fraction of sp³-hybridized carbons (Fsp3) is 0.278. The van der Waals surface area contributed by atoms with Gasteiger partial charge in [0, 0.05) is 6.54 Å². The lowest BCUT2D eigenvalue weighted by Gasteiger charge is -2.29. The first-order valence-electron chi connectivity index (χ1n) is 8.52. The molecule has 0 aromatic heterocycles. The summed E-state index contributed by atoms with van der Waals surface area (Å²) < 4.78 is 43.7. The third-order valence-corrected chi connectivity index (χ3v) is 5.98. The number of benzene rings is 2. The molecule has 1 heterocycles. The first kappa shape index (κ1) is 19.8. The molecule has 2 aromatic carbocycles. The molecular weight excluding hydrogens is 388 g/mol. The third kappa shape index (κ3) is 3.97. The van der Waals surface area contributed by atoms with Crippen LogP contribution in [-0.4, -0.2) is 40.0 Å². The van der Waals surface area contributed by atoms with E-state index >= 15 is 0 Å². The van der Waals surface area contributed by atoms with Crippen LogP contribution in [0.1, 0.15) is 12.8 Å². The molecule has 1 aliphatic heterocycles. The van der Waals surface area contributed by atoms with Crippen LogP contribution in [0.4, 0.5) is 10.5 Å². The normalized spacial score (nSPS) is 14.1. The summed E-state index contributed by atoms with van der Waals surface area (Å²) in [7, 11) is -2.49. The van der Waals surface area contributed by atoms with Gasteiger partial charge in [-0.2, -0.15) is 0 Å². The summed E-state index contributed by atoms with van der Waals surface area (Å²) >= 11 is 0. The molecule has 2 aromatic rings. The minimum Gasteiger partial charge on any atom is -0.497 e. The van der Waals surface area contributed by atoms with Crippen molar-refractivity contribution in [3.8, 4) is 17.2 Å². The molecule has 0 unspecified atom stereocenters. The van der Waals surface area contributed by atoms with E-state index in [1.54, 1.807) is 24.3 Å². The van der Waals surface area contributed by atoms with Gasteiger partial charge in [0.1, 0.15) is 17.2 Å². The van der Waals surface area contributed by atoms with Crippen molar-refractivity contribution >= 4 is 21.8 Å². The number of para-hydroxylation sites is 1. The van der Waals surface area contributed by atoms with Gasteiger partial charge in [-0.25, -0.2) is 18.7 Å². The predicted molar refractivity (Wildman–Crippen MR) is 99.6 cm³/mol. The van der Waals surface area contributed by atoms with Crippen LogP contribution in [0.3, 0.4) is 0 Å². The fourth-order valence-electron chi connectivity index (χ4n) is 2.84. The summed E-state index contributed by atoms with van der Waals surface area (Å²) in [6.07, 6.45) is 0.0725. The number of ether oxygens (including phenoxy) is 3. The third-order valence-electron chi connectivity index (χ3n) is 4.17. The van der Waals surface area contributed by atoms with Crippen molar-refractivity contribution < 1.29 is 32.6 Å². The smallest absolute Gasteiger partial charge is 0.436 e. The van der Waals surface area contributed by atoms with E-state index in [2.05, 4.69) is 0 Å². The summed E-state index contributed by atoms with van der Waals surface area (Å²) in [5, 5.41) is 8.75. The molecule has 0 saturated heterocycles. The van der Waals surface area contributed by atoms with Gasteiger partial charge in [0.25, 0.3) is 10.0 Å². The Hall–Kier alpha value is -2.98. The number of fused-ring (bicyclic) bond motifs is 1. The number of hydroxylamine groups is 1. The number of amides is 1. The molecule has 0 bridgehead atoms. The topological polar surface area (TPSA) is 114 Å². The van der Waals surface area contributed by atoms with Crippen LogP contribution >= 0.6 is 0 Å². The zero-order valence-electron chi connectivity index (χ0n) is 15.1. The molecule has 0 aliphatic carbocycles. The van der Waals surface area contributed by atoms with Crippen molar-refractivity contribution in [2.75, 3.05) is 24.6 Å². The molecule has 1 aliphatic rings. The number of hydrogen-bond acceptors (Lipinski definition) is 7. The molecule has 28 heavy (non-hydrogen) atoms. The number of nitrogens with zero attached hydrogens (tertiary/aromatic N) is 1. The van der Waals surface area contributed by atoms with Crippen LogP contribution in [0, 0.1) is 0 Å². The van der Waals surface area contributed by atoms with Gasteiger partial charge in [-0.05, 0) is 49.2 Å². The molecule has 9 nitrogen and oxygen atoms in total. The van der Waals surface area contributed by atoms with Crippen molar-refractivity contribution in [3.63, 3.8) is 0 Å². The number of nitrogens with one attached hydrogen (secondary N) is 1. The molecular formula is C18H20N2O7S. The highest BCUT2D eigenvalue weighted by Crippen LogP contribution is 2.42. The van der Waals surface area contributed by atoms with Crippen molar-refractivity contribution in [3.05, 3.63) is 42.5 Å². The van der Waals surface area contributed by atoms with Gasteiger partial charge in [0.05, 0.1) is 18.6 Å². The van der Waals surface area contributed by atoms with Gasteiger partial charge in [-0.1, -0.05) is 6.07 Å². The number of carbonyl (C=O) groups excluding carboxylic acids is 1. The Morgan fingerprint density at radius 1 is 1.18 bits per heavy atom. The summed E-state index contributed by atoms with van der Waals surface area (Å²) in [5.74, 6) is 0.738. The molecule has 150 valence electrons. The lowest BCUT2D eigenvalue weighted by Crippen LogP contribution is -2.34. The first-order chi connectivity index (χ1) is 13.5. The van der Waals surface area contributed by atoms with Crippen LogP contribution in [0.25, 0.3) is 0 Å². The molecule has 10 heteroatoms. The van der Waals surface area contributed by atoms with Crippen molar-refractivity contribution in [1.29, 1.82) is 0 Å². The molecule has 1 amide bonds. The molecule has 2 N–H and O–H groups in total. The van der Waals surface area contributed by atoms with E-state index in [1.165, 1.54) is 30.8 Å². The van der Waals surface area contributed by atoms with E-state index in [0.717, 1.165) is 4.31 Å². The standard InChI is InChI=1S/C18H20N2O7S/c1-25-13-7-9-14(10-8-13)28(23,24)20-11-2-3-12-26-15-5-4-6-16(17(15)20)27-18(21)19-22/h4-10,22H,2-3,11-12H2,1H3,(H,19,21). The van der Waals surface area contributed by atoms with Crippen LogP contribution in [-0.2, 0) is 10.0 Å². The van der Waals surface area contributed by atoms with Gasteiger partial charge < -0.3 is 14.2 Å². The second kappa shape index (κ2) is 8.36. The monoisotopic (exact) mass is 408 g/mol. The average molecular weight is 408 g/mol. The van der Waals surface area contributed by atoms with Crippen molar-refractivity contribution in [2.24, 2.45) is 0 Å². The molecule has 0 radical (unpaired) electrons. The molecule has 3 rings (SSSR count). The average Bonchev–Trinajstić information content (AvgIpc) is 2.68. The largest absolute Gasteiger partial charge is 0.497 e. The number of sulfonamides is 1. The fourth-order valence-corrected chi connectivity index (χ4v) is 4.36. The van der Waals surface area contributed by atoms with Crippen LogP contribution < -0.4 is 24.0 Å². The number of anilines is 1. The summed E-state index contributed by atoms with van der Waals surface area (Å²) in [6, 6.07) is 10.6. The van der Waals surface area contributed by atoms with Gasteiger partial charge in [-0.3, -0.25) is 9.51 Å². The minimum atomic E-state index is -3.98. The Bertz CT molecular complexity index is 945. The highest BCUT2D eigenvalue weighted by atomic mass is 32.2. The maximum Gasteiger partial charge on any atom is 0.436 e. The maximum absolute atomic E-state index is 13.3. The quantitative estimate of drug-likeness (QED) is 0.590. The van der Waals surface area contributed by atoms with Crippen LogP contribution in [0.15, 0.2) is 47.4 Å². The zero-order valence-corrected chi connectivity index (χ0v) is 15.9. The Balaban J connectivity index is 2.11. The number of rotatable bonds is 4. The van der Waals surface area contributed by atoms with Crippen LogP contribution in [0.2, 0.25) is 0 Å². The molecule has 0 saturated carbocycles. The van der Waals surface area contributed by atoms with Gasteiger partial charge in [0.2, 0.25) is 0 Å². The van der Waals surface area contributed by atoms with Gasteiger partial charge in [-0.15, -0.1) is 0 Å². The van der Waals surface area contributed by atoms with E-state index in [-0.39, 0.29) is 28.6 Å². The Morgan fingerprint density at radius 3 is 2.61 bits per heavy atom. The summed E-state index contributed by atoms with van der Waals surface area (Å²) in [4.78, 5) is 11.6. The number of methoxy groups -OCH3 is 1. The lowest BCUT2D eigenvalue weighted by atomic mass is 10.2. The second-order valence-corrected chi connectivity index (χ2v) is 7.77. The molecule has 0 atom stereocenters. The number of carbonyl (C=O) groups is 1. The van der Waals surface area contributed by atoms with E-state index in [0.29, 0.717) is 25.2 Å². The van der Waals surface area contributed by atoms with Gasteiger partial charge >= 0.3 is 6.09 Å². The van der Waals surface area contributed by atoms with Crippen LogP contribution in [0.5, 0.6) is 17.2 Å². The SMILES string of the molecule is COc1ccc(S(=O)(=O)N2CCCCOc3cccc(OC(=O)NO)c32)cc1. The molecule has 0 fully saturated rings. The van der Waals surface area contributed by atoms with Crippen molar-refractivity contribution in [2.45, 2.75) is 17.7 Å². The Kier molecular flexibility index (Phi) is 5.90. The van der Waals surface area contributed by atoms with E-state index < -0.39 is 16.1 Å².